The van der Waals surface area contributed by atoms with Gasteiger partial charge in [0.25, 0.3) is 0 Å². The molecule has 0 bridgehead atoms. The molecule has 0 saturated carbocycles. The monoisotopic (exact) mass is 301 g/mol. The summed E-state index contributed by atoms with van der Waals surface area (Å²) in [6, 6.07) is 3.64. The van der Waals surface area contributed by atoms with Crippen LogP contribution in [0.2, 0.25) is 0 Å². The SMILES string of the molecule is O=C(CCc1nc(-c2cccnc2)no1)Nc1nccs1. The summed E-state index contributed by atoms with van der Waals surface area (Å²) in [5, 5.41) is 8.96. The van der Waals surface area contributed by atoms with E-state index in [0.29, 0.717) is 23.3 Å². The molecule has 0 aromatic carbocycles. The number of nitrogens with zero attached hydrogens (tertiary/aromatic N) is 4. The molecule has 3 aromatic heterocycles. The third-order valence-electron chi connectivity index (χ3n) is 2.63. The minimum absolute atomic E-state index is 0.133. The van der Waals surface area contributed by atoms with Crippen molar-refractivity contribution in [1.82, 2.24) is 20.1 Å². The number of aromatic nitrogens is 4. The third kappa shape index (κ3) is 3.48. The van der Waals surface area contributed by atoms with Gasteiger partial charge in [-0.1, -0.05) is 5.16 Å². The Morgan fingerprint density at radius 3 is 3.10 bits per heavy atom. The second kappa shape index (κ2) is 6.23. The highest BCUT2D eigenvalue weighted by atomic mass is 32.1. The standard InChI is InChI=1S/C13H11N5O2S/c19-10(16-13-15-6-7-21-13)3-4-11-17-12(18-20-11)9-2-1-5-14-8-9/h1-2,5-8H,3-4H2,(H,15,16,19). The predicted octanol–water partition coefficient (Wildman–Crippen LogP) is 2.16. The molecular weight excluding hydrogens is 290 g/mol. The first-order valence-corrected chi connectivity index (χ1v) is 7.11. The number of anilines is 1. The van der Waals surface area contributed by atoms with Gasteiger partial charge >= 0.3 is 0 Å². The maximum Gasteiger partial charge on any atom is 0.227 e. The van der Waals surface area contributed by atoms with E-state index in [9.17, 15) is 4.79 Å². The lowest BCUT2D eigenvalue weighted by atomic mass is 10.2. The second-order valence-electron chi connectivity index (χ2n) is 4.14. The molecule has 3 aromatic rings. The molecule has 1 amide bonds. The molecular formula is C13H11N5O2S. The molecule has 0 fully saturated rings. The normalized spacial score (nSPS) is 10.5. The summed E-state index contributed by atoms with van der Waals surface area (Å²) in [4.78, 5) is 23.9. The van der Waals surface area contributed by atoms with Crippen LogP contribution in [0.25, 0.3) is 11.4 Å². The zero-order valence-corrected chi connectivity index (χ0v) is 11.7. The Morgan fingerprint density at radius 2 is 2.33 bits per heavy atom. The molecule has 0 aliphatic rings. The molecule has 21 heavy (non-hydrogen) atoms. The van der Waals surface area contributed by atoms with Gasteiger partial charge in [-0.2, -0.15) is 4.98 Å². The van der Waals surface area contributed by atoms with Gasteiger partial charge in [-0.25, -0.2) is 4.98 Å². The Kier molecular flexibility index (Phi) is 3.97. The fourth-order valence-electron chi connectivity index (χ4n) is 1.66. The summed E-state index contributed by atoms with van der Waals surface area (Å²) in [5.41, 5.74) is 0.778. The van der Waals surface area contributed by atoms with Crippen LogP contribution in [0.3, 0.4) is 0 Å². The van der Waals surface area contributed by atoms with Crippen molar-refractivity contribution in [2.45, 2.75) is 12.8 Å². The summed E-state index contributed by atoms with van der Waals surface area (Å²) in [7, 11) is 0. The van der Waals surface area contributed by atoms with Gasteiger partial charge in [-0.15, -0.1) is 11.3 Å². The zero-order chi connectivity index (χ0) is 14.5. The Labute approximate surface area is 124 Å². The van der Waals surface area contributed by atoms with Gasteiger partial charge in [0, 0.05) is 42.4 Å². The number of aryl methyl sites for hydroxylation is 1. The van der Waals surface area contributed by atoms with Gasteiger partial charge in [0.2, 0.25) is 17.6 Å². The first-order valence-electron chi connectivity index (χ1n) is 6.23. The number of thiazole rings is 1. The summed E-state index contributed by atoms with van der Waals surface area (Å²) in [5.74, 6) is 0.757. The van der Waals surface area contributed by atoms with E-state index < -0.39 is 0 Å². The van der Waals surface area contributed by atoms with Crippen molar-refractivity contribution in [1.29, 1.82) is 0 Å². The molecule has 0 atom stereocenters. The van der Waals surface area contributed by atoms with Gasteiger partial charge in [0.15, 0.2) is 5.13 Å². The van der Waals surface area contributed by atoms with Gasteiger partial charge in [-0.05, 0) is 12.1 Å². The van der Waals surface area contributed by atoms with Crippen molar-refractivity contribution in [2.75, 3.05) is 5.32 Å². The van der Waals surface area contributed by atoms with Crippen molar-refractivity contribution in [3.63, 3.8) is 0 Å². The number of pyridine rings is 1. The minimum atomic E-state index is -0.133. The van der Waals surface area contributed by atoms with Crippen molar-refractivity contribution >= 4 is 22.4 Å². The van der Waals surface area contributed by atoms with Crippen LogP contribution in [0.4, 0.5) is 5.13 Å². The molecule has 7 nitrogen and oxygen atoms in total. The summed E-state index contributed by atoms with van der Waals surface area (Å²) in [6.07, 6.45) is 5.61. The number of rotatable bonds is 5. The van der Waals surface area contributed by atoms with Crippen LogP contribution in [0.1, 0.15) is 12.3 Å². The molecule has 106 valence electrons. The number of hydrogen-bond acceptors (Lipinski definition) is 7. The average molecular weight is 301 g/mol. The van der Waals surface area contributed by atoms with E-state index in [4.69, 9.17) is 4.52 Å². The molecule has 0 aliphatic carbocycles. The molecule has 3 heterocycles. The summed E-state index contributed by atoms with van der Waals surface area (Å²) in [6.45, 7) is 0. The van der Waals surface area contributed by atoms with E-state index in [2.05, 4.69) is 25.4 Å². The number of carbonyl (C=O) groups is 1. The zero-order valence-electron chi connectivity index (χ0n) is 10.9. The van der Waals surface area contributed by atoms with Crippen LogP contribution in [-0.2, 0) is 11.2 Å². The number of amides is 1. The van der Waals surface area contributed by atoms with E-state index in [1.807, 2.05) is 6.07 Å². The lowest BCUT2D eigenvalue weighted by Crippen LogP contribution is -2.12. The van der Waals surface area contributed by atoms with Crippen LogP contribution >= 0.6 is 11.3 Å². The first kappa shape index (κ1) is 13.4. The van der Waals surface area contributed by atoms with Gasteiger partial charge in [0.1, 0.15) is 0 Å². The van der Waals surface area contributed by atoms with Crippen molar-refractivity contribution in [3.8, 4) is 11.4 Å². The number of carbonyl (C=O) groups excluding carboxylic acids is 1. The van der Waals surface area contributed by atoms with Gasteiger partial charge in [0.05, 0.1) is 0 Å². The highest BCUT2D eigenvalue weighted by Gasteiger charge is 2.11. The summed E-state index contributed by atoms with van der Waals surface area (Å²) >= 11 is 1.37. The average Bonchev–Trinajstić information content (AvgIpc) is 3.17. The fourth-order valence-corrected chi connectivity index (χ4v) is 2.20. The number of hydrogen-bond donors (Lipinski definition) is 1. The topological polar surface area (TPSA) is 93.8 Å². The van der Waals surface area contributed by atoms with E-state index in [1.165, 1.54) is 11.3 Å². The van der Waals surface area contributed by atoms with E-state index in [1.54, 1.807) is 30.0 Å². The predicted molar refractivity (Wildman–Crippen MR) is 76.6 cm³/mol. The largest absolute Gasteiger partial charge is 0.339 e. The van der Waals surface area contributed by atoms with E-state index in [0.717, 1.165) is 5.56 Å². The van der Waals surface area contributed by atoms with Crippen LogP contribution in [-0.4, -0.2) is 26.0 Å². The Bertz CT molecular complexity index is 711. The Hall–Kier alpha value is -2.61. The van der Waals surface area contributed by atoms with Crippen LogP contribution in [0.5, 0.6) is 0 Å². The molecule has 0 saturated heterocycles. The maximum atomic E-state index is 11.7. The molecule has 3 rings (SSSR count). The summed E-state index contributed by atoms with van der Waals surface area (Å²) < 4.78 is 5.12. The Balaban J connectivity index is 1.56. The van der Waals surface area contributed by atoms with E-state index >= 15 is 0 Å². The van der Waals surface area contributed by atoms with E-state index in [-0.39, 0.29) is 12.3 Å². The Morgan fingerprint density at radius 1 is 1.38 bits per heavy atom. The molecule has 0 aliphatic heterocycles. The first-order chi connectivity index (χ1) is 10.3. The van der Waals surface area contributed by atoms with Crippen LogP contribution in [0.15, 0.2) is 40.6 Å². The minimum Gasteiger partial charge on any atom is -0.339 e. The maximum absolute atomic E-state index is 11.7. The molecule has 0 radical (unpaired) electrons. The van der Waals surface area contributed by atoms with Crippen molar-refractivity contribution < 1.29 is 9.32 Å². The van der Waals surface area contributed by atoms with Gasteiger partial charge in [-0.3, -0.25) is 9.78 Å². The quantitative estimate of drug-likeness (QED) is 0.776. The van der Waals surface area contributed by atoms with Crippen molar-refractivity contribution in [2.24, 2.45) is 0 Å². The van der Waals surface area contributed by atoms with Crippen LogP contribution in [0, 0.1) is 0 Å². The highest BCUT2D eigenvalue weighted by Crippen LogP contribution is 2.15. The second-order valence-corrected chi connectivity index (χ2v) is 5.03. The van der Waals surface area contributed by atoms with Crippen molar-refractivity contribution in [3.05, 3.63) is 42.0 Å². The third-order valence-corrected chi connectivity index (χ3v) is 3.32. The fraction of sp³-hybridized carbons (Fsp3) is 0.154. The lowest BCUT2D eigenvalue weighted by molar-refractivity contribution is -0.116. The molecule has 0 unspecified atom stereocenters. The molecule has 0 spiro atoms. The van der Waals surface area contributed by atoms with Gasteiger partial charge < -0.3 is 9.84 Å². The number of nitrogens with one attached hydrogen (secondary N) is 1. The lowest BCUT2D eigenvalue weighted by Gasteiger charge is -1.98. The highest BCUT2D eigenvalue weighted by molar-refractivity contribution is 7.13. The molecule has 1 N–H and O–H groups in total. The molecule has 8 heteroatoms. The van der Waals surface area contributed by atoms with Crippen LogP contribution < -0.4 is 5.32 Å². The smallest absolute Gasteiger partial charge is 0.227 e.